The lowest BCUT2D eigenvalue weighted by atomic mass is 9.80. The molecule has 0 saturated carbocycles. The molecule has 1 aromatic rings. The molecule has 2 rings (SSSR count). The average molecular weight is 234 g/mol. The van der Waals surface area contributed by atoms with Crippen LogP contribution in [0.15, 0.2) is 18.2 Å². The summed E-state index contributed by atoms with van der Waals surface area (Å²) in [6.45, 7) is 4.83. The molecule has 92 valence electrons. The van der Waals surface area contributed by atoms with Crippen molar-refractivity contribution in [1.29, 1.82) is 0 Å². The summed E-state index contributed by atoms with van der Waals surface area (Å²) in [7, 11) is 0. The third-order valence-corrected chi connectivity index (χ3v) is 3.51. The Morgan fingerprint density at radius 2 is 2.18 bits per heavy atom. The monoisotopic (exact) mass is 234 g/mol. The summed E-state index contributed by atoms with van der Waals surface area (Å²) in [5.41, 5.74) is 3.18. The second-order valence-corrected chi connectivity index (χ2v) is 4.80. The minimum atomic E-state index is -0.759. The Morgan fingerprint density at radius 1 is 1.47 bits per heavy atom. The van der Waals surface area contributed by atoms with E-state index in [9.17, 15) is 4.79 Å². The van der Waals surface area contributed by atoms with Crippen LogP contribution in [0.1, 0.15) is 36.0 Å². The number of benzene rings is 1. The van der Waals surface area contributed by atoms with Crippen LogP contribution >= 0.6 is 0 Å². The molecule has 1 saturated heterocycles. The molecule has 0 amide bonds. The number of aryl methyl sites for hydroxylation is 2. The van der Waals surface area contributed by atoms with Gasteiger partial charge in [0.05, 0.1) is 12.2 Å². The lowest BCUT2D eigenvalue weighted by molar-refractivity contribution is -0.166. The summed E-state index contributed by atoms with van der Waals surface area (Å²) in [6, 6.07) is 6.27. The lowest BCUT2D eigenvalue weighted by Gasteiger charge is -2.43. The van der Waals surface area contributed by atoms with Gasteiger partial charge in [-0.1, -0.05) is 23.8 Å². The van der Waals surface area contributed by atoms with Gasteiger partial charge in [0.1, 0.15) is 0 Å². The Bertz CT molecular complexity index is 433. The summed E-state index contributed by atoms with van der Waals surface area (Å²) >= 11 is 0. The molecule has 0 aromatic heterocycles. The second kappa shape index (κ2) is 4.49. The number of carboxylic acid groups (broad SMARTS) is 1. The van der Waals surface area contributed by atoms with E-state index in [-0.39, 0.29) is 12.0 Å². The van der Waals surface area contributed by atoms with Crippen molar-refractivity contribution in [3.8, 4) is 0 Å². The minimum Gasteiger partial charge on any atom is -0.481 e. The maximum atomic E-state index is 10.7. The molecule has 1 atom stereocenters. The van der Waals surface area contributed by atoms with Gasteiger partial charge in [-0.15, -0.1) is 0 Å². The van der Waals surface area contributed by atoms with Gasteiger partial charge in [-0.2, -0.15) is 0 Å². The van der Waals surface area contributed by atoms with Crippen LogP contribution in [-0.4, -0.2) is 17.7 Å². The zero-order valence-corrected chi connectivity index (χ0v) is 10.3. The predicted molar refractivity (Wildman–Crippen MR) is 65.0 cm³/mol. The maximum Gasteiger partial charge on any atom is 0.303 e. The van der Waals surface area contributed by atoms with Crippen LogP contribution in [-0.2, 0) is 15.1 Å². The molecule has 1 aliphatic heterocycles. The molecule has 1 heterocycles. The van der Waals surface area contributed by atoms with E-state index in [4.69, 9.17) is 9.84 Å². The fourth-order valence-electron chi connectivity index (χ4n) is 2.43. The molecular formula is C14H18O3. The van der Waals surface area contributed by atoms with Crippen molar-refractivity contribution in [2.45, 2.75) is 38.7 Å². The van der Waals surface area contributed by atoms with Crippen molar-refractivity contribution in [2.75, 3.05) is 6.61 Å². The molecule has 1 aliphatic rings. The molecule has 0 bridgehead atoms. The van der Waals surface area contributed by atoms with Crippen LogP contribution in [0, 0.1) is 13.8 Å². The quantitative estimate of drug-likeness (QED) is 0.871. The summed E-state index contributed by atoms with van der Waals surface area (Å²) in [5.74, 6) is -0.759. The number of hydrogen-bond donors (Lipinski definition) is 1. The van der Waals surface area contributed by atoms with Crippen molar-refractivity contribution in [3.05, 3.63) is 34.9 Å². The van der Waals surface area contributed by atoms with Crippen molar-refractivity contribution in [3.63, 3.8) is 0 Å². The van der Waals surface area contributed by atoms with Gasteiger partial charge >= 0.3 is 5.97 Å². The third-order valence-electron chi connectivity index (χ3n) is 3.51. The highest BCUT2D eigenvalue weighted by atomic mass is 16.5. The number of rotatable bonds is 4. The van der Waals surface area contributed by atoms with E-state index in [2.05, 4.69) is 25.1 Å². The molecule has 1 fully saturated rings. The number of aliphatic carboxylic acids is 1. The largest absolute Gasteiger partial charge is 0.481 e. The van der Waals surface area contributed by atoms with Gasteiger partial charge in [-0.3, -0.25) is 4.79 Å². The number of carbonyl (C=O) groups is 1. The Labute approximate surface area is 101 Å². The number of carboxylic acids is 1. The fraction of sp³-hybridized carbons (Fsp3) is 0.500. The highest BCUT2D eigenvalue weighted by Crippen LogP contribution is 2.43. The lowest BCUT2D eigenvalue weighted by Crippen LogP contribution is -2.41. The van der Waals surface area contributed by atoms with E-state index in [1.54, 1.807) is 0 Å². The van der Waals surface area contributed by atoms with E-state index in [0.717, 1.165) is 18.6 Å². The van der Waals surface area contributed by atoms with Crippen LogP contribution in [0.5, 0.6) is 0 Å². The molecule has 1 aromatic carbocycles. The summed E-state index contributed by atoms with van der Waals surface area (Å²) in [5, 5.41) is 8.81. The SMILES string of the molecule is Cc1ccc(C)c(C2(CCC(=O)O)CCO2)c1. The first-order chi connectivity index (χ1) is 8.03. The van der Waals surface area contributed by atoms with Crippen molar-refractivity contribution < 1.29 is 14.6 Å². The molecule has 3 heteroatoms. The van der Waals surface area contributed by atoms with Crippen molar-refractivity contribution >= 4 is 5.97 Å². The smallest absolute Gasteiger partial charge is 0.303 e. The van der Waals surface area contributed by atoms with E-state index in [0.29, 0.717) is 6.42 Å². The van der Waals surface area contributed by atoms with E-state index < -0.39 is 5.97 Å². The number of hydrogen-bond acceptors (Lipinski definition) is 2. The Balaban J connectivity index is 2.27. The molecule has 0 radical (unpaired) electrons. The average Bonchev–Trinajstić information content (AvgIpc) is 2.21. The standard InChI is InChI=1S/C14H18O3/c1-10-3-4-11(2)12(9-10)14(7-8-17-14)6-5-13(15)16/h3-4,9H,5-8H2,1-2H3,(H,15,16). The van der Waals surface area contributed by atoms with Crippen LogP contribution in [0.4, 0.5) is 0 Å². The van der Waals surface area contributed by atoms with E-state index >= 15 is 0 Å². The summed E-state index contributed by atoms with van der Waals surface area (Å²) in [4.78, 5) is 10.7. The van der Waals surface area contributed by atoms with Crippen LogP contribution < -0.4 is 0 Å². The van der Waals surface area contributed by atoms with Crippen LogP contribution in [0.25, 0.3) is 0 Å². The zero-order chi connectivity index (χ0) is 12.5. The van der Waals surface area contributed by atoms with E-state index in [1.165, 1.54) is 11.1 Å². The molecule has 0 spiro atoms. The highest BCUT2D eigenvalue weighted by molar-refractivity contribution is 5.66. The Kier molecular flexibility index (Phi) is 3.20. The fourth-order valence-corrected chi connectivity index (χ4v) is 2.43. The van der Waals surface area contributed by atoms with Gasteiger partial charge in [0, 0.05) is 12.8 Å². The van der Waals surface area contributed by atoms with Gasteiger partial charge in [-0.05, 0) is 31.4 Å². The Hall–Kier alpha value is -1.35. The van der Waals surface area contributed by atoms with Gasteiger partial charge in [0.25, 0.3) is 0 Å². The molecule has 1 N–H and O–H groups in total. The minimum absolute atomic E-state index is 0.160. The zero-order valence-electron chi connectivity index (χ0n) is 10.3. The summed E-state index contributed by atoms with van der Waals surface area (Å²) < 4.78 is 5.73. The molecule has 3 nitrogen and oxygen atoms in total. The number of ether oxygens (including phenoxy) is 1. The molecule has 1 unspecified atom stereocenters. The normalized spacial score (nSPS) is 23.2. The van der Waals surface area contributed by atoms with E-state index in [1.807, 2.05) is 6.92 Å². The highest BCUT2D eigenvalue weighted by Gasteiger charge is 2.41. The van der Waals surface area contributed by atoms with Gasteiger partial charge in [0.2, 0.25) is 0 Å². The molecule has 0 aliphatic carbocycles. The Morgan fingerprint density at radius 3 is 2.71 bits per heavy atom. The second-order valence-electron chi connectivity index (χ2n) is 4.80. The maximum absolute atomic E-state index is 10.7. The van der Waals surface area contributed by atoms with Gasteiger partial charge in [-0.25, -0.2) is 0 Å². The van der Waals surface area contributed by atoms with Crippen LogP contribution in [0.2, 0.25) is 0 Å². The van der Waals surface area contributed by atoms with Crippen LogP contribution in [0.3, 0.4) is 0 Å². The van der Waals surface area contributed by atoms with Crippen molar-refractivity contribution in [2.24, 2.45) is 0 Å². The predicted octanol–water partition coefficient (Wildman–Crippen LogP) is 2.78. The topological polar surface area (TPSA) is 46.5 Å². The molecular weight excluding hydrogens is 216 g/mol. The van der Waals surface area contributed by atoms with Gasteiger partial charge in [0.15, 0.2) is 0 Å². The van der Waals surface area contributed by atoms with Gasteiger partial charge < -0.3 is 9.84 Å². The first-order valence-electron chi connectivity index (χ1n) is 5.97. The first kappa shape index (κ1) is 12.1. The van der Waals surface area contributed by atoms with Crippen molar-refractivity contribution in [1.82, 2.24) is 0 Å². The molecule has 17 heavy (non-hydrogen) atoms. The summed E-state index contributed by atoms with van der Waals surface area (Å²) in [6.07, 6.45) is 1.64. The first-order valence-corrected chi connectivity index (χ1v) is 5.97. The third kappa shape index (κ3) is 2.34.